The van der Waals surface area contributed by atoms with Crippen LogP contribution in [0.15, 0.2) is 54.6 Å². The minimum Gasteiger partial charge on any atom is -0.478 e. The fourth-order valence-corrected chi connectivity index (χ4v) is 2.13. The lowest BCUT2D eigenvalue weighted by molar-refractivity contribution is 0.0518. The van der Waals surface area contributed by atoms with Gasteiger partial charge in [-0.2, -0.15) is 0 Å². The maximum atomic E-state index is 12.0. The second kappa shape index (κ2) is 8.13. The first-order valence-electron chi connectivity index (χ1n) is 7.42. The number of carbonyl (C=O) groups is 2. The summed E-state index contributed by atoms with van der Waals surface area (Å²) in [5, 5.41) is 8.93. The normalized spacial score (nSPS) is 10.5. The zero-order chi connectivity index (χ0) is 16.7. The Kier molecular flexibility index (Phi) is 5.92. The number of rotatable bonds is 7. The Labute approximate surface area is 135 Å². The molecule has 2 rings (SSSR count). The third-order valence-corrected chi connectivity index (χ3v) is 3.48. The number of hydrogen-bond acceptors (Lipinski definition) is 3. The van der Waals surface area contributed by atoms with Crippen LogP contribution < -0.4 is 0 Å². The van der Waals surface area contributed by atoms with Crippen LogP contribution in [-0.2, 0) is 11.2 Å². The van der Waals surface area contributed by atoms with Crippen molar-refractivity contribution in [2.24, 2.45) is 0 Å². The molecule has 1 radical (unpaired) electrons. The van der Waals surface area contributed by atoms with Crippen LogP contribution in [0, 0.1) is 5.92 Å². The fourth-order valence-electron chi connectivity index (χ4n) is 2.13. The third kappa shape index (κ3) is 5.25. The number of hydrogen-bond donors (Lipinski definition) is 1. The van der Waals surface area contributed by atoms with E-state index >= 15 is 0 Å². The van der Waals surface area contributed by atoms with Crippen molar-refractivity contribution in [2.45, 2.75) is 19.8 Å². The van der Waals surface area contributed by atoms with E-state index in [0.29, 0.717) is 0 Å². The standard InChI is InChI=1S/C19H19O4/c1-14(10-11-15-6-3-2-4-7-15)13-23-19(22)17-9-5-8-16(12-17)18(20)21/h2-9,12H,10-11,13H2,1H3,(H,20,21). The second-order valence-corrected chi connectivity index (χ2v) is 5.40. The molecule has 0 bridgehead atoms. The average Bonchev–Trinajstić information content (AvgIpc) is 2.58. The van der Waals surface area contributed by atoms with Crippen LogP contribution in [-0.4, -0.2) is 23.7 Å². The highest BCUT2D eigenvalue weighted by molar-refractivity contribution is 5.94. The van der Waals surface area contributed by atoms with Crippen LogP contribution in [0.3, 0.4) is 0 Å². The van der Waals surface area contributed by atoms with Gasteiger partial charge in [-0.3, -0.25) is 0 Å². The molecule has 0 saturated carbocycles. The maximum absolute atomic E-state index is 12.0. The van der Waals surface area contributed by atoms with Crippen molar-refractivity contribution in [2.75, 3.05) is 6.61 Å². The van der Waals surface area contributed by atoms with Gasteiger partial charge in [0, 0.05) is 5.92 Å². The molecular formula is C19H19O4. The van der Waals surface area contributed by atoms with E-state index in [9.17, 15) is 9.59 Å². The van der Waals surface area contributed by atoms with Crippen LogP contribution in [0.4, 0.5) is 0 Å². The number of carbonyl (C=O) groups excluding carboxylic acids is 1. The van der Waals surface area contributed by atoms with E-state index in [1.807, 2.05) is 25.1 Å². The van der Waals surface area contributed by atoms with Crippen LogP contribution in [0.25, 0.3) is 0 Å². The highest BCUT2D eigenvalue weighted by Crippen LogP contribution is 2.13. The van der Waals surface area contributed by atoms with E-state index in [1.54, 1.807) is 6.07 Å². The van der Waals surface area contributed by atoms with Gasteiger partial charge in [0.1, 0.15) is 0 Å². The topological polar surface area (TPSA) is 63.6 Å². The number of aromatic carboxylic acids is 1. The Hall–Kier alpha value is -2.62. The van der Waals surface area contributed by atoms with E-state index in [-0.39, 0.29) is 17.7 Å². The zero-order valence-corrected chi connectivity index (χ0v) is 13.0. The fraction of sp³-hybridized carbons (Fsp3) is 0.211. The van der Waals surface area contributed by atoms with Crippen molar-refractivity contribution < 1.29 is 19.4 Å². The van der Waals surface area contributed by atoms with Gasteiger partial charge in [0.2, 0.25) is 0 Å². The Bertz CT molecular complexity index is 664. The SMILES string of the molecule is C[C](CCc1ccccc1)COC(=O)c1cccc(C(=O)O)c1. The lowest BCUT2D eigenvalue weighted by Crippen LogP contribution is -2.12. The molecule has 2 aromatic carbocycles. The molecule has 0 aliphatic carbocycles. The molecule has 0 fully saturated rings. The summed E-state index contributed by atoms with van der Waals surface area (Å²) in [5.41, 5.74) is 1.57. The van der Waals surface area contributed by atoms with Gasteiger partial charge in [-0.1, -0.05) is 43.3 Å². The Morgan fingerprint density at radius 3 is 2.39 bits per heavy atom. The summed E-state index contributed by atoms with van der Waals surface area (Å²) >= 11 is 0. The molecule has 4 nitrogen and oxygen atoms in total. The van der Waals surface area contributed by atoms with E-state index in [4.69, 9.17) is 9.84 Å². The van der Waals surface area contributed by atoms with E-state index in [1.165, 1.54) is 23.8 Å². The number of esters is 1. The van der Waals surface area contributed by atoms with Gasteiger partial charge in [0.05, 0.1) is 17.7 Å². The molecule has 0 amide bonds. The molecule has 4 heteroatoms. The molecule has 0 atom stereocenters. The molecule has 1 N–H and O–H groups in total. The van der Waals surface area contributed by atoms with Crippen LogP contribution >= 0.6 is 0 Å². The number of ether oxygens (including phenoxy) is 1. The highest BCUT2D eigenvalue weighted by Gasteiger charge is 2.12. The Morgan fingerprint density at radius 2 is 1.70 bits per heavy atom. The maximum Gasteiger partial charge on any atom is 0.338 e. The molecule has 23 heavy (non-hydrogen) atoms. The van der Waals surface area contributed by atoms with Gasteiger partial charge >= 0.3 is 11.9 Å². The molecule has 0 unspecified atom stereocenters. The second-order valence-electron chi connectivity index (χ2n) is 5.40. The molecule has 0 aromatic heterocycles. The minimum atomic E-state index is -1.06. The first-order chi connectivity index (χ1) is 11.1. The van der Waals surface area contributed by atoms with E-state index < -0.39 is 11.9 Å². The largest absolute Gasteiger partial charge is 0.478 e. The Balaban J connectivity index is 1.81. The van der Waals surface area contributed by atoms with Crippen LogP contribution in [0.2, 0.25) is 0 Å². The van der Waals surface area contributed by atoms with Gasteiger partial charge in [-0.15, -0.1) is 0 Å². The molecule has 2 aromatic rings. The van der Waals surface area contributed by atoms with Crippen molar-refractivity contribution in [3.8, 4) is 0 Å². The van der Waals surface area contributed by atoms with Gasteiger partial charge in [-0.25, -0.2) is 9.59 Å². The number of benzene rings is 2. The molecule has 119 valence electrons. The summed E-state index contributed by atoms with van der Waals surface area (Å²) in [7, 11) is 0. The summed E-state index contributed by atoms with van der Waals surface area (Å²) in [6, 6.07) is 16.0. The smallest absolute Gasteiger partial charge is 0.338 e. The van der Waals surface area contributed by atoms with Crippen molar-refractivity contribution in [3.05, 3.63) is 77.2 Å². The third-order valence-electron chi connectivity index (χ3n) is 3.48. The first-order valence-corrected chi connectivity index (χ1v) is 7.42. The predicted octanol–water partition coefficient (Wildman–Crippen LogP) is 3.77. The van der Waals surface area contributed by atoms with Crippen molar-refractivity contribution >= 4 is 11.9 Å². The van der Waals surface area contributed by atoms with Crippen LogP contribution in [0.5, 0.6) is 0 Å². The quantitative estimate of drug-likeness (QED) is 0.791. The molecule has 0 spiro atoms. The monoisotopic (exact) mass is 311 g/mol. The first kappa shape index (κ1) is 16.7. The van der Waals surface area contributed by atoms with Gasteiger partial charge < -0.3 is 9.84 Å². The molecule has 0 heterocycles. The number of carboxylic acid groups (broad SMARTS) is 1. The molecule has 0 aliphatic heterocycles. The summed E-state index contributed by atoms with van der Waals surface area (Å²) in [4.78, 5) is 22.9. The zero-order valence-electron chi connectivity index (χ0n) is 13.0. The number of carboxylic acids is 1. The highest BCUT2D eigenvalue weighted by atomic mass is 16.5. The number of aryl methyl sites for hydroxylation is 1. The van der Waals surface area contributed by atoms with Crippen molar-refractivity contribution in [3.63, 3.8) is 0 Å². The van der Waals surface area contributed by atoms with Crippen molar-refractivity contribution in [1.82, 2.24) is 0 Å². The van der Waals surface area contributed by atoms with Crippen LogP contribution in [0.1, 0.15) is 39.6 Å². The molecule has 0 saturated heterocycles. The lowest BCUT2D eigenvalue weighted by Gasteiger charge is -2.12. The summed E-state index contributed by atoms with van der Waals surface area (Å²) in [5.74, 6) is -0.506. The summed E-state index contributed by atoms with van der Waals surface area (Å²) in [6.45, 7) is 2.19. The molecular weight excluding hydrogens is 292 g/mol. The average molecular weight is 311 g/mol. The predicted molar refractivity (Wildman–Crippen MR) is 87.4 cm³/mol. The van der Waals surface area contributed by atoms with Crippen molar-refractivity contribution in [1.29, 1.82) is 0 Å². The summed E-state index contributed by atoms with van der Waals surface area (Å²) < 4.78 is 5.24. The summed E-state index contributed by atoms with van der Waals surface area (Å²) in [6.07, 6.45) is 1.74. The van der Waals surface area contributed by atoms with Gasteiger partial charge in [0.25, 0.3) is 0 Å². The van der Waals surface area contributed by atoms with E-state index in [0.717, 1.165) is 18.8 Å². The van der Waals surface area contributed by atoms with Gasteiger partial charge in [-0.05, 0) is 36.6 Å². The molecule has 0 aliphatic rings. The lowest BCUT2D eigenvalue weighted by atomic mass is 10.0. The van der Waals surface area contributed by atoms with E-state index in [2.05, 4.69) is 12.1 Å². The van der Waals surface area contributed by atoms with Gasteiger partial charge in [0.15, 0.2) is 0 Å². The Morgan fingerprint density at radius 1 is 1.00 bits per heavy atom. The minimum absolute atomic E-state index is 0.0734.